The summed E-state index contributed by atoms with van der Waals surface area (Å²) >= 11 is 0. The third-order valence-electron chi connectivity index (χ3n) is 2.40. The first kappa shape index (κ1) is 11.7. The van der Waals surface area contributed by atoms with Gasteiger partial charge in [0.15, 0.2) is 5.75 Å². The van der Waals surface area contributed by atoms with Crippen LogP contribution in [0.15, 0.2) is 6.20 Å². The Morgan fingerprint density at radius 3 is 2.53 bits per heavy atom. The van der Waals surface area contributed by atoms with Crippen molar-refractivity contribution in [1.82, 2.24) is 9.78 Å². The number of Topliss-reactive ketones (excluding diaryl/α,β-unsaturated/α-hetero) is 1. The lowest BCUT2D eigenvalue weighted by Crippen LogP contribution is -2.35. The van der Waals surface area contributed by atoms with Crippen LogP contribution in [0.5, 0.6) is 5.75 Å². The van der Waals surface area contributed by atoms with Gasteiger partial charge in [-0.2, -0.15) is 5.10 Å². The Morgan fingerprint density at radius 2 is 2.07 bits per heavy atom. The first-order valence-electron chi connectivity index (χ1n) is 4.60. The maximum absolute atomic E-state index is 12.1. The summed E-state index contributed by atoms with van der Waals surface area (Å²) in [5.41, 5.74) is -0.453. The van der Waals surface area contributed by atoms with E-state index in [9.17, 15) is 4.79 Å². The predicted molar refractivity (Wildman–Crippen MR) is 55.2 cm³/mol. The Bertz CT molecular complexity index is 369. The van der Waals surface area contributed by atoms with Gasteiger partial charge in [0.05, 0.1) is 13.3 Å². The van der Waals surface area contributed by atoms with Gasteiger partial charge in [-0.05, 0) is 13.8 Å². The minimum absolute atomic E-state index is 0.151. The van der Waals surface area contributed by atoms with Crippen molar-refractivity contribution < 1.29 is 14.3 Å². The highest BCUT2D eigenvalue weighted by Gasteiger charge is 2.32. The number of rotatable bonds is 4. The fourth-order valence-corrected chi connectivity index (χ4v) is 1.20. The lowest BCUT2D eigenvalue weighted by atomic mass is 10.0. The van der Waals surface area contributed by atoms with Crippen LogP contribution in [0.4, 0.5) is 0 Å². The molecule has 5 nitrogen and oxygen atoms in total. The summed E-state index contributed by atoms with van der Waals surface area (Å²) in [7, 11) is 4.70. The van der Waals surface area contributed by atoms with Crippen LogP contribution in [0.1, 0.15) is 24.3 Å². The smallest absolute Gasteiger partial charge is 0.215 e. The molecule has 0 radical (unpaired) electrons. The largest absolute Gasteiger partial charge is 0.493 e. The second-order valence-corrected chi connectivity index (χ2v) is 3.73. The molecule has 84 valence electrons. The lowest BCUT2D eigenvalue weighted by Gasteiger charge is -2.21. The molecule has 1 heterocycles. The summed E-state index contributed by atoms with van der Waals surface area (Å²) < 4.78 is 11.7. The van der Waals surface area contributed by atoms with E-state index in [0.29, 0.717) is 11.4 Å². The van der Waals surface area contributed by atoms with Gasteiger partial charge in [0.1, 0.15) is 11.3 Å². The number of hydrogen-bond donors (Lipinski definition) is 0. The Labute approximate surface area is 89.0 Å². The fourth-order valence-electron chi connectivity index (χ4n) is 1.20. The number of carbonyl (C=O) groups is 1. The minimum atomic E-state index is -0.874. The second-order valence-electron chi connectivity index (χ2n) is 3.73. The van der Waals surface area contributed by atoms with Crippen molar-refractivity contribution in [3.63, 3.8) is 0 Å². The Kier molecular flexibility index (Phi) is 3.14. The predicted octanol–water partition coefficient (Wildman–Crippen LogP) is 1.04. The average molecular weight is 212 g/mol. The van der Waals surface area contributed by atoms with Crippen LogP contribution in [0.25, 0.3) is 0 Å². The molecule has 0 N–H and O–H groups in total. The van der Waals surface area contributed by atoms with E-state index in [0.717, 1.165) is 0 Å². The number of carbonyl (C=O) groups excluding carboxylic acids is 1. The van der Waals surface area contributed by atoms with Crippen LogP contribution in [-0.4, -0.2) is 35.4 Å². The summed E-state index contributed by atoms with van der Waals surface area (Å²) in [6, 6.07) is 0. The van der Waals surface area contributed by atoms with Crippen LogP contribution < -0.4 is 4.74 Å². The molecule has 0 aliphatic carbocycles. The van der Waals surface area contributed by atoms with Crippen molar-refractivity contribution in [2.45, 2.75) is 19.4 Å². The van der Waals surface area contributed by atoms with Crippen LogP contribution in [0.2, 0.25) is 0 Å². The van der Waals surface area contributed by atoms with Gasteiger partial charge in [-0.1, -0.05) is 0 Å². The Hall–Kier alpha value is -1.36. The van der Waals surface area contributed by atoms with Crippen LogP contribution >= 0.6 is 0 Å². The zero-order chi connectivity index (χ0) is 11.6. The van der Waals surface area contributed by atoms with E-state index in [2.05, 4.69) is 5.10 Å². The lowest BCUT2D eigenvalue weighted by molar-refractivity contribution is 0.0217. The minimum Gasteiger partial charge on any atom is -0.493 e. The maximum Gasteiger partial charge on any atom is 0.215 e. The number of nitrogens with zero attached hydrogens (tertiary/aromatic N) is 2. The molecule has 1 aromatic heterocycles. The number of aryl methyl sites for hydroxylation is 1. The summed E-state index contributed by atoms with van der Waals surface area (Å²) in [6.07, 6.45) is 1.51. The van der Waals surface area contributed by atoms with E-state index in [4.69, 9.17) is 9.47 Å². The molecule has 0 bridgehead atoms. The van der Waals surface area contributed by atoms with Crippen LogP contribution in [0.3, 0.4) is 0 Å². The van der Waals surface area contributed by atoms with Gasteiger partial charge in [0.2, 0.25) is 5.78 Å². The van der Waals surface area contributed by atoms with Crippen LogP contribution in [-0.2, 0) is 11.8 Å². The van der Waals surface area contributed by atoms with Crippen molar-refractivity contribution in [2.75, 3.05) is 14.2 Å². The number of ketones is 1. The standard InChI is InChI=1S/C10H16N2O3/c1-10(2,15-5)9(13)8-7(14-4)6-11-12(8)3/h6H,1-5H3. The molecule has 0 aliphatic rings. The molecule has 0 unspecified atom stereocenters. The topological polar surface area (TPSA) is 53.4 Å². The van der Waals surface area contributed by atoms with Gasteiger partial charge in [0.25, 0.3) is 0 Å². The van der Waals surface area contributed by atoms with Crippen molar-refractivity contribution in [1.29, 1.82) is 0 Å². The average Bonchev–Trinajstić information content (AvgIpc) is 2.58. The Balaban J connectivity index is 3.16. The normalized spacial score (nSPS) is 11.5. The number of aromatic nitrogens is 2. The van der Waals surface area contributed by atoms with Crippen molar-refractivity contribution in [2.24, 2.45) is 7.05 Å². The van der Waals surface area contributed by atoms with E-state index in [1.807, 2.05) is 0 Å². The number of ether oxygens (including phenoxy) is 2. The molecule has 0 saturated carbocycles. The number of methoxy groups -OCH3 is 2. The van der Waals surface area contributed by atoms with Gasteiger partial charge in [-0.25, -0.2) is 0 Å². The molecule has 15 heavy (non-hydrogen) atoms. The highest BCUT2D eigenvalue weighted by Crippen LogP contribution is 2.23. The second kappa shape index (κ2) is 4.02. The van der Waals surface area contributed by atoms with Gasteiger partial charge in [-0.3, -0.25) is 9.48 Å². The number of hydrogen-bond acceptors (Lipinski definition) is 4. The molecule has 0 fully saturated rings. The van der Waals surface area contributed by atoms with E-state index in [1.165, 1.54) is 25.1 Å². The van der Waals surface area contributed by atoms with E-state index in [-0.39, 0.29) is 5.78 Å². The quantitative estimate of drug-likeness (QED) is 0.700. The van der Waals surface area contributed by atoms with E-state index < -0.39 is 5.60 Å². The first-order valence-corrected chi connectivity index (χ1v) is 4.60. The molecule has 1 rings (SSSR count). The summed E-state index contributed by atoms with van der Waals surface area (Å²) in [6.45, 7) is 3.42. The SMILES string of the molecule is COc1cnn(C)c1C(=O)C(C)(C)OC. The van der Waals surface area contributed by atoms with Gasteiger partial charge in [0, 0.05) is 14.2 Å². The third-order valence-corrected chi connectivity index (χ3v) is 2.40. The third kappa shape index (κ3) is 2.02. The van der Waals surface area contributed by atoms with E-state index >= 15 is 0 Å². The van der Waals surface area contributed by atoms with E-state index in [1.54, 1.807) is 20.9 Å². The Morgan fingerprint density at radius 1 is 1.47 bits per heavy atom. The molecular weight excluding hydrogens is 196 g/mol. The molecule has 0 aromatic carbocycles. The molecule has 0 aliphatic heterocycles. The highest BCUT2D eigenvalue weighted by molar-refractivity contribution is 6.02. The molecule has 0 spiro atoms. The molecule has 1 aromatic rings. The summed E-state index contributed by atoms with van der Waals surface area (Å²) in [4.78, 5) is 12.1. The van der Waals surface area contributed by atoms with Crippen LogP contribution in [0, 0.1) is 0 Å². The molecule has 0 atom stereocenters. The zero-order valence-corrected chi connectivity index (χ0v) is 9.70. The first-order chi connectivity index (χ1) is 6.94. The maximum atomic E-state index is 12.1. The van der Waals surface area contributed by atoms with Gasteiger partial charge < -0.3 is 9.47 Å². The molecule has 0 amide bonds. The highest BCUT2D eigenvalue weighted by atomic mass is 16.5. The van der Waals surface area contributed by atoms with Crippen molar-refractivity contribution >= 4 is 5.78 Å². The molecule has 5 heteroatoms. The fraction of sp³-hybridized carbons (Fsp3) is 0.600. The summed E-state index contributed by atoms with van der Waals surface area (Å²) in [5.74, 6) is 0.314. The zero-order valence-electron chi connectivity index (χ0n) is 9.70. The van der Waals surface area contributed by atoms with Crippen molar-refractivity contribution in [3.05, 3.63) is 11.9 Å². The molecule has 0 saturated heterocycles. The van der Waals surface area contributed by atoms with Gasteiger partial charge in [-0.15, -0.1) is 0 Å². The summed E-state index contributed by atoms with van der Waals surface area (Å²) in [5, 5.41) is 3.97. The van der Waals surface area contributed by atoms with Gasteiger partial charge >= 0.3 is 0 Å². The van der Waals surface area contributed by atoms with Crippen molar-refractivity contribution in [3.8, 4) is 5.75 Å². The monoisotopic (exact) mass is 212 g/mol. The molecular formula is C10H16N2O3.